The topological polar surface area (TPSA) is 47.6 Å². The minimum Gasteiger partial charge on any atom is -0.368 e. The molecule has 0 amide bonds. The molecule has 0 aliphatic rings. The van der Waals surface area contributed by atoms with Crippen LogP contribution in [-0.2, 0) is 13.6 Å². The Morgan fingerprint density at radius 1 is 0.880 bits per heavy atom. The van der Waals surface area contributed by atoms with Crippen LogP contribution in [0.2, 0.25) is 5.02 Å². The molecule has 0 saturated carbocycles. The summed E-state index contributed by atoms with van der Waals surface area (Å²) in [5.41, 5.74) is 1.63. The number of benzene rings is 2. The number of hydrogen-bond acceptors (Lipinski definition) is 4. The van der Waals surface area contributed by atoms with Gasteiger partial charge in [-0.15, -0.1) is 0 Å². The summed E-state index contributed by atoms with van der Waals surface area (Å²) in [6.07, 6.45) is -0.467. The molecular formula is C19H25ClNO3P. The molecule has 136 valence electrons. The predicted molar refractivity (Wildman–Crippen MR) is 104 cm³/mol. The van der Waals surface area contributed by atoms with Crippen molar-refractivity contribution in [2.45, 2.75) is 45.7 Å². The lowest BCUT2D eigenvalue weighted by Gasteiger charge is -2.31. The molecule has 0 spiro atoms. The van der Waals surface area contributed by atoms with E-state index in [-0.39, 0.29) is 12.2 Å². The average Bonchev–Trinajstić information content (AvgIpc) is 2.53. The van der Waals surface area contributed by atoms with Gasteiger partial charge in [0.15, 0.2) is 5.78 Å². The normalized spacial score (nSPS) is 13.2. The van der Waals surface area contributed by atoms with Crippen LogP contribution in [0.5, 0.6) is 0 Å². The Morgan fingerprint density at radius 2 is 1.40 bits per heavy atom. The maximum absolute atomic E-state index is 13.7. The summed E-state index contributed by atoms with van der Waals surface area (Å²) in [4.78, 5) is 0. The zero-order chi connectivity index (χ0) is 18.4. The SMILES string of the molecule is CC(C)OP(=O)(OC(C)C)C(Nc1ccc(Cl)cc1)c1ccccc1. The monoisotopic (exact) mass is 381 g/mol. The van der Waals surface area contributed by atoms with Gasteiger partial charge < -0.3 is 14.4 Å². The van der Waals surface area contributed by atoms with Crippen molar-refractivity contribution in [3.05, 3.63) is 65.2 Å². The molecule has 0 fully saturated rings. The molecule has 6 heteroatoms. The van der Waals surface area contributed by atoms with Crippen LogP contribution >= 0.6 is 19.2 Å². The smallest absolute Gasteiger partial charge is 0.357 e. The first kappa shape index (κ1) is 20.0. The van der Waals surface area contributed by atoms with E-state index < -0.39 is 13.4 Å². The van der Waals surface area contributed by atoms with Crippen LogP contribution in [0.3, 0.4) is 0 Å². The summed E-state index contributed by atoms with van der Waals surface area (Å²) >= 11 is 5.96. The zero-order valence-electron chi connectivity index (χ0n) is 15.0. The Balaban J connectivity index is 2.44. The highest BCUT2D eigenvalue weighted by atomic mass is 35.5. The molecule has 0 radical (unpaired) electrons. The first-order valence-electron chi connectivity index (χ1n) is 8.34. The number of nitrogens with one attached hydrogen (secondary N) is 1. The maximum atomic E-state index is 13.7. The van der Waals surface area contributed by atoms with E-state index in [0.717, 1.165) is 11.3 Å². The van der Waals surface area contributed by atoms with Crippen molar-refractivity contribution >= 4 is 24.9 Å². The summed E-state index contributed by atoms with van der Waals surface area (Å²) in [6.45, 7) is 7.39. The average molecular weight is 382 g/mol. The van der Waals surface area contributed by atoms with Crippen LogP contribution in [0.4, 0.5) is 5.69 Å². The molecule has 4 nitrogen and oxygen atoms in total. The van der Waals surface area contributed by atoms with Gasteiger partial charge in [0.2, 0.25) is 0 Å². The van der Waals surface area contributed by atoms with E-state index in [0.29, 0.717) is 5.02 Å². The van der Waals surface area contributed by atoms with E-state index in [1.807, 2.05) is 70.2 Å². The number of hydrogen-bond donors (Lipinski definition) is 1. The van der Waals surface area contributed by atoms with Crippen molar-refractivity contribution in [3.63, 3.8) is 0 Å². The van der Waals surface area contributed by atoms with Gasteiger partial charge in [0.25, 0.3) is 0 Å². The van der Waals surface area contributed by atoms with Crippen LogP contribution in [0.15, 0.2) is 54.6 Å². The minimum absolute atomic E-state index is 0.234. The highest BCUT2D eigenvalue weighted by Gasteiger charge is 2.39. The Labute approximate surface area is 155 Å². The second-order valence-electron chi connectivity index (χ2n) is 6.31. The fourth-order valence-electron chi connectivity index (χ4n) is 2.42. The van der Waals surface area contributed by atoms with Crippen LogP contribution in [0, 0.1) is 0 Å². The van der Waals surface area contributed by atoms with Crippen molar-refractivity contribution < 1.29 is 13.6 Å². The van der Waals surface area contributed by atoms with E-state index in [2.05, 4.69) is 5.32 Å². The first-order valence-corrected chi connectivity index (χ1v) is 10.3. The van der Waals surface area contributed by atoms with Gasteiger partial charge in [0, 0.05) is 10.7 Å². The van der Waals surface area contributed by atoms with Gasteiger partial charge >= 0.3 is 7.60 Å². The van der Waals surface area contributed by atoms with Gasteiger partial charge in [-0.2, -0.15) is 0 Å². The Kier molecular flexibility index (Phi) is 7.09. The molecule has 0 aliphatic carbocycles. The van der Waals surface area contributed by atoms with Crippen LogP contribution in [-0.4, -0.2) is 12.2 Å². The second kappa shape index (κ2) is 8.86. The molecule has 25 heavy (non-hydrogen) atoms. The highest BCUT2D eigenvalue weighted by molar-refractivity contribution is 7.54. The van der Waals surface area contributed by atoms with Crippen molar-refractivity contribution in [2.75, 3.05) is 5.32 Å². The molecule has 0 saturated heterocycles. The van der Waals surface area contributed by atoms with Gasteiger partial charge in [0.05, 0.1) is 12.2 Å². The zero-order valence-corrected chi connectivity index (χ0v) is 16.6. The summed E-state index contributed by atoms with van der Waals surface area (Å²) in [5, 5.41) is 3.94. The van der Waals surface area contributed by atoms with Crippen molar-refractivity contribution in [1.29, 1.82) is 0 Å². The molecule has 0 aliphatic heterocycles. The van der Waals surface area contributed by atoms with Gasteiger partial charge in [-0.25, -0.2) is 0 Å². The van der Waals surface area contributed by atoms with Crippen LogP contribution in [0.25, 0.3) is 0 Å². The lowest BCUT2D eigenvalue weighted by molar-refractivity contribution is 0.138. The third kappa shape index (κ3) is 5.86. The first-order chi connectivity index (χ1) is 11.8. The second-order valence-corrected chi connectivity index (χ2v) is 8.77. The standard InChI is InChI=1S/C19H25ClNO3P/c1-14(2)23-25(22,24-15(3)4)19(16-8-6-5-7-9-16)21-18-12-10-17(20)11-13-18/h5-15,19,21H,1-4H3. The molecule has 1 N–H and O–H groups in total. The molecule has 0 aromatic heterocycles. The fourth-order valence-corrected chi connectivity index (χ4v) is 4.86. The molecule has 2 aromatic carbocycles. The van der Waals surface area contributed by atoms with Crippen molar-refractivity contribution in [1.82, 2.24) is 0 Å². The summed E-state index contributed by atoms with van der Waals surface area (Å²) < 4.78 is 25.3. The predicted octanol–water partition coefficient (Wildman–Crippen LogP) is 6.49. The molecular weight excluding hydrogens is 357 g/mol. The van der Waals surface area contributed by atoms with E-state index in [9.17, 15) is 4.57 Å². The van der Waals surface area contributed by atoms with E-state index in [4.69, 9.17) is 20.6 Å². The third-order valence-electron chi connectivity index (χ3n) is 3.29. The van der Waals surface area contributed by atoms with Crippen molar-refractivity contribution in [3.8, 4) is 0 Å². The summed E-state index contributed by atoms with van der Waals surface area (Å²) in [7, 11) is -3.49. The summed E-state index contributed by atoms with van der Waals surface area (Å²) in [6, 6.07) is 16.8. The number of halogens is 1. The Morgan fingerprint density at radius 3 is 1.88 bits per heavy atom. The van der Waals surface area contributed by atoms with Gasteiger partial charge in [-0.3, -0.25) is 4.57 Å². The lowest BCUT2D eigenvalue weighted by Crippen LogP contribution is -2.19. The van der Waals surface area contributed by atoms with Crippen molar-refractivity contribution in [2.24, 2.45) is 0 Å². The van der Waals surface area contributed by atoms with Crippen LogP contribution < -0.4 is 5.32 Å². The largest absolute Gasteiger partial charge is 0.368 e. The number of anilines is 1. The third-order valence-corrected chi connectivity index (χ3v) is 6.04. The molecule has 1 atom stereocenters. The number of rotatable bonds is 8. The van der Waals surface area contributed by atoms with E-state index >= 15 is 0 Å². The fraction of sp³-hybridized carbons (Fsp3) is 0.368. The van der Waals surface area contributed by atoms with E-state index in [1.54, 1.807) is 12.1 Å². The Hall–Kier alpha value is -1.32. The Bertz CT molecular complexity index is 690. The quantitative estimate of drug-likeness (QED) is 0.530. The maximum Gasteiger partial charge on any atom is 0.357 e. The molecule has 0 bridgehead atoms. The molecule has 2 aromatic rings. The van der Waals surface area contributed by atoms with E-state index in [1.165, 1.54) is 0 Å². The van der Waals surface area contributed by atoms with Gasteiger partial charge in [-0.1, -0.05) is 41.9 Å². The van der Waals surface area contributed by atoms with Gasteiger partial charge in [0.1, 0.15) is 0 Å². The molecule has 1 unspecified atom stereocenters. The molecule has 2 rings (SSSR count). The summed E-state index contributed by atoms with van der Waals surface area (Å²) in [5.74, 6) is -0.625. The van der Waals surface area contributed by atoms with Crippen LogP contribution in [0.1, 0.15) is 39.0 Å². The highest BCUT2D eigenvalue weighted by Crippen LogP contribution is 2.62. The van der Waals surface area contributed by atoms with Gasteiger partial charge in [-0.05, 0) is 57.5 Å². The molecule has 0 heterocycles. The minimum atomic E-state index is -3.49. The lowest BCUT2D eigenvalue weighted by atomic mass is 10.2.